The Hall–Kier alpha value is -2.49. The summed E-state index contributed by atoms with van der Waals surface area (Å²) in [6.07, 6.45) is 1.23. The second-order valence-corrected chi connectivity index (χ2v) is 5.48. The molecule has 0 heterocycles. The summed E-state index contributed by atoms with van der Waals surface area (Å²) in [6.45, 7) is 3.96. The molecule has 2 rings (SSSR count). The summed E-state index contributed by atoms with van der Waals surface area (Å²) < 4.78 is 5.57. The van der Waals surface area contributed by atoms with E-state index in [1.54, 1.807) is 0 Å². The molecule has 22 heavy (non-hydrogen) atoms. The average molecular weight is 298 g/mol. The van der Waals surface area contributed by atoms with Crippen LogP contribution in [0.5, 0.6) is 5.75 Å². The van der Waals surface area contributed by atoms with Crippen molar-refractivity contribution in [1.29, 1.82) is 0 Å². The summed E-state index contributed by atoms with van der Waals surface area (Å²) >= 11 is 0. The third-order valence-electron chi connectivity index (χ3n) is 3.10. The van der Waals surface area contributed by atoms with Gasteiger partial charge in [-0.05, 0) is 62.2 Å². The number of benzene rings is 2. The zero-order chi connectivity index (χ0) is 15.9. The van der Waals surface area contributed by atoms with E-state index in [0.717, 1.165) is 22.7 Å². The first kappa shape index (κ1) is 15.9. The number of rotatable bonds is 6. The molecule has 0 aromatic heterocycles. The Morgan fingerprint density at radius 1 is 1.18 bits per heavy atom. The molecule has 4 nitrogen and oxygen atoms in total. The number of hydrogen-bond acceptors (Lipinski definition) is 3. The van der Waals surface area contributed by atoms with Crippen LogP contribution in [0.1, 0.15) is 25.8 Å². The Bertz CT molecular complexity index is 621. The zero-order valence-corrected chi connectivity index (χ0v) is 13.0. The maximum Gasteiger partial charge on any atom is 0.224 e. The Morgan fingerprint density at radius 2 is 1.91 bits per heavy atom. The SMILES string of the molecule is CC(C)Oc1ccc(NC(=O)CCc2cccc(N)c2)cc1. The molecule has 0 atom stereocenters. The largest absolute Gasteiger partial charge is 0.491 e. The maximum absolute atomic E-state index is 12.0. The molecule has 0 spiro atoms. The topological polar surface area (TPSA) is 64.3 Å². The molecule has 4 heteroatoms. The minimum atomic E-state index is -0.0139. The number of anilines is 2. The minimum Gasteiger partial charge on any atom is -0.491 e. The molecule has 0 radical (unpaired) electrons. The van der Waals surface area contributed by atoms with Gasteiger partial charge in [0.25, 0.3) is 0 Å². The molecule has 2 aromatic rings. The molecule has 0 saturated heterocycles. The summed E-state index contributed by atoms with van der Waals surface area (Å²) in [5.41, 5.74) is 8.28. The van der Waals surface area contributed by atoms with Gasteiger partial charge in [0.2, 0.25) is 5.91 Å². The summed E-state index contributed by atoms with van der Waals surface area (Å²) in [6, 6.07) is 15.0. The number of nitrogen functional groups attached to an aromatic ring is 1. The normalized spacial score (nSPS) is 10.5. The van der Waals surface area contributed by atoms with Crippen molar-refractivity contribution in [2.24, 2.45) is 0 Å². The van der Waals surface area contributed by atoms with Gasteiger partial charge in [-0.1, -0.05) is 12.1 Å². The highest BCUT2D eigenvalue weighted by atomic mass is 16.5. The summed E-state index contributed by atoms with van der Waals surface area (Å²) in [7, 11) is 0. The van der Waals surface area contributed by atoms with E-state index < -0.39 is 0 Å². The van der Waals surface area contributed by atoms with Gasteiger partial charge >= 0.3 is 0 Å². The van der Waals surface area contributed by atoms with Gasteiger partial charge < -0.3 is 15.8 Å². The van der Waals surface area contributed by atoms with Crippen LogP contribution in [0.3, 0.4) is 0 Å². The molecule has 0 aliphatic rings. The van der Waals surface area contributed by atoms with Gasteiger partial charge in [-0.15, -0.1) is 0 Å². The number of ether oxygens (including phenoxy) is 1. The third-order valence-corrected chi connectivity index (χ3v) is 3.10. The quantitative estimate of drug-likeness (QED) is 0.800. The van der Waals surface area contributed by atoms with Crippen LogP contribution in [0.25, 0.3) is 0 Å². The molecule has 0 aliphatic heterocycles. The van der Waals surface area contributed by atoms with Crippen molar-refractivity contribution in [3.05, 3.63) is 54.1 Å². The highest BCUT2D eigenvalue weighted by Crippen LogP contribution is 2.17. The summed E-state index contributed by atoms with van der Waals surface area (Å²) in [5.74, 6) is 0.785. The van der Waals surface area contributed by atoms with Crippen molar-refractivity contribution in [2.75, 3.05) is 11.1 Å². The van der Waals surface area contributed by atoms with Gasteiger partial charge in [0, 0.05) is 17.8 Å². The minimum absolute atomic E-state index is 0.0139. The molecule has 3 N–H and O–H groups in total. The number of nitrogens with one attached hydrogen (secondary N) is 1. The van der Waals surface area contributed by atoms with Gasteiger partial charge in [-0.25, -0.2) is 0 Å². The van der Waals surface area contributed by atoms with Crippen LogP contribution in [-0.4, -0.2) is 12.0 Å². The monoisotopic (exact) mass is 298 g/mol. The van der Waals surface area contributed by atoms with Crippen LogP contribution in [0.4, 0.5) is 11.4 Å². The second-order valence-electron chi connectivity index (χ2n) is 5.48. The van der Waals surface area contributed by atoms with E-state index in [4.69, 9.17) is 10.5 Å². The molecule has 1 amide bonds. The highest BCUT2D eigenvalue weighted by molar-refractivity contribution is 5.90. The molecular formula is C18H22N2O2. The van der Waals surface area contributed by atoms with Gasteiger partial charge in [0.1, 0.15) is 5.75 Å². The molecule has 0 unspecified atom stereocenters. The Balaban J connectivity index is 1.84. The number of carbonyl (C=O) groups excluding carboxylic acids is 1. The fourth-order valence-electron chi connectivity index (χ4n) is 2.12. The molecule has 0 bridgehead atoms. The zero-order valence-electron chi connectivity index (χ0n) is 13.0. The van der Waals surface area contributed by atoms with Gasteiger partial charge in [0.05, 0.1) is 6.10 Å². The molecule has 0 fully saturated rings. The number of carbonyl (C=O) groups is 1. The van der Waals surface area contributed by atoms with Crippen molar-refractivity contribution in [1.82, 2.24) is 0 Å². The lowest BCUT2D eigenvalue weighted by Gasteiger charge is -2.10. The first-order valence-corrected chi connectivity index (χ1v) is 7.44. The maximum atomic E-state index is 12.0. The first-order valence-electron chi connectivity index (χ1n) is 7.44. The predicted octanol–water partition coefficient (Wildman–Crippen LogP) is 3.63. The van der Waals surface area contributed by atoms with E-state index in [-0.39, 0.29) is 12.0 Å². The smallest absolute Gasteiger partial charge is 0.224 e. The molecule has 2 aromatic carbocycles. The van der Waals surface area contributed by atoms with E-state index in [1.165, 1.54) is 0 Å². The van der Waals surface area contributed by atoms with Crippen molar-refractivity contribution >= 4 is 17.3 Å². The Kier molecular flexibility index (Phi) is 5.42. The van der Waals surface area contributed by atoms with E-state index in [0.29, 0.717) is 12.8 Å². The van der Waals surface area contributed by atoms with E-state index >= 15 is 0 Å². The Labute approximate surface area is 131 Å². The molecule has 116 valence electrons. The predicted molar refractivity (Wildman–Crippen MR) is 90.0 cm³/mol. The lowest BCUT2D eigenvalue weighted by Crippen LogP contribution is -2.12. The summed E-state index contributed by atoms with van der Waals surface area (Å²) in [5, 5.41) is 2.88. The van der Waals surface area contributed by atoms with E-state index in [2.05, 4.69) is 5.32 Å². The number of hydrogen-bond donors (Lipinski definition) is 2. The first-order chi connectivity index (χ1) is 10.5. The molecule has 0 saturated carbocycles. The van der Waals surface area contributed by atoms with Crippen LogP contribution >= 0.6 is 0 Å². The Morgan fingerprint density at radius 3 is 2.55 bits per heavy atom. The lowest BCUT2D eigenvalue weighted by molar-refractivity contribution is -0.116. The van der Waals surface area contributed by atoms with Gasteiger partial charge in [0.15, 0.2) is 0 Å². The molecular weight excluding hydrogens is 276 g/mol. The standard InChI is InChI=1S/C18H22N2O2/c1-13(2)22-17-9-7-16(8-10-17)20-18(21)11-6-14-4-3-5-15(19)12-14/h3-5,7-10,12-13H,6,11,19H2,1-2H3,(H,20,21). The summed E-state index contributed by atoms with van der Waals surface area (Å²) in [4.78, 5) is 12.0. The fraction of sp³-hybridized carbons (Fsp3) is 0.278. The van der Waals surface area contributed by atoms with Crippen molar-refractivity contribution in [3.8, 4) is 5.75 Å². The van der Waals surface area contributed by atoms with Crippen LogP contribution in [0.2, 0.25) is 0 Å². The number of amides is 1. The average Bonchev–Trinajstić information content (AvgIpc) is 2.47. The van der Waals surface area contributed by atoms with Gasteiger partial charge in [-0.2, -0.15) is 0 Å². The highest BCUT2D eigenvalue weighted by Gasteiger charge is 2.04. The van der Waals surface area contributed by atoms with Crippen molar-refractivity contribution < 1.29 is 9.53 Å². The number of nitrogens with two attached hydrogens (primary N) is 1. The number of aryl methyl sites for hydroxylation is 1. The lowest BCUT2D eigenvalue weighted by atomic mass is 10.1. The van der Waals surface area contributed by atoms with Crippen LogP contribution in [-0.2, 0) is 11.2 Å². The van der Waals surface area contributed by atoms with Crippen molar-refractivity contribution in [3.63, 3.8) is 0 Å². The van der Waals surface area contributed by atoms with Crippen LogP contribution in [0.15, 0.2) is 48.5 Å². The van der Waals surface area contributed by atoms with E-state index in [1.807, 2.05) is 62.4 Å². The van der Waals surface area contributed by atoms with E-state index in [9.17, 15) is 4.79 Å². The molecule has 0 aliphatic carbocycles. The van der Waals surface area contributed by atoms with Crippen LogP contribution in [0, 0.1) is 0 Å². The fourth-order valence-corrected chi connectivity index (χ4v) is 2.12. The van der Waals surface area contributed by atoms with Gasteiger partial charge in [-0.3, -0.25) is 4.79 Å². The van der Waals surface area contributed by atoms with Crippen molar-refractivity contribution in [2.45, 2.75) is 32.8 Å². The third kappa shape index (κ3) is 5.13. The second kappa shape index (κ2) is 7.50. The van der Waals surface area contributed by atoms with Crippen LogP contribution < -0.4 is 15.8 Å².